The summed E-state index contributed by atoms with van der Waals surface area (Å²) in [7, 11) is 0. The molecular weight excluding hydrogens is 355 g/mol. The number of allylic oxidation sites excluding steroid dienone is 2. The summed E-state index contributed by atoms with van der Waals surface area (Å²) in [5.41, 5.74) is 5.36. The summed E-state index contributed by atoms with van der Waals surface area (Å²) in [6.07, 6.45) is 11.1. The molecule has 29 heavy (non-hydrogen) atoms. The monoisotopic (exact) mass is 384 g/mol. The highest BCUT2D eigenvalue weighted by Gasteiger charge is 2.10. The second kappa shape index (κ2) is 10.6. The number of rotatable bonds is 8. The zero-order valence-electron chi connectivity index (χ0n) is 17.3. The van der Waals surface area contributed by atoms with Crippen LogP contribution < -0.4 is 0 Å². The number of aryl methyl sites for hydroxylation is 1. The summed E-state index contributed by atoms with van der Waals surface area (Å²) in [4.78, 5) is 0. The summed E-state index contributed by atoms with van der Waals surface area (Å²) >= 11 is 0. The van der Waals surface area contributed by atoms with Crippen LogP contribution in [0.1, 0.15) is 54.0 Å². The summed E-state index contributed by atoms with van der Waals surface area (Å²) in [6.45, 7) is 4.19. The van der Waals surface area contributed by atoms with E-state index in [0.717, 1.165) is 29.5 Å². The van der Waals surface area contributed by atoms with Crippen LogP contribution in [-0.2, 0) is 12.8 Å². The van der Waals surface area contributed by atoms with Crippen molar-refractivity contribution in [2.24, 2.45) is 0 Å². The summed E-state index contributed by atoms with van der Waals surface area (Å²) < 4.78 is 14.6. The van der Waals surface area contributed by atoms with E-state index in [-0.39, 0.29) is 5.82 Å². The quantitative estimate of drug-likeness (QED) is 0.274. The third-order valence-corrected chi connectivity index (χ3v) is 5.26. The van der Waals surface area contributed by atoms with Crippen molar-refractivity contribution < 1.29 is 4.39 Å². The molecule has 0 spiro atoms. The molecule has 0 fully saturated rings. The molecule has 0 unspecified atom stereocenters. The van der Waals surface area contributed by atoms with Gasteiger partial charge >= 0.3 is 0 Å². The first-order chi connectivity index (χ1) is 14.2. The molecule has 0 aliphatic rings. The first-order valence-electron chi connectivity index (χ1n) is 10.4. The van der Waals surface area contributed by atoms with E-state index in [1.165, 1.54) is 11.1 Å². The molecule has 1 atom stereocenters. The Labute approximate surface area is 174 Å². The number of halogens is 1. The highest BCUT2D eigenvalue weighted by atomic mass is 19.1. The van der Waals surface area contributed by atoms with Crippen molar-refractivity contribution in [2.45, 2.75) is 39.0 Å². The van der Waals surface area contributed by atoms with Gasteiger partial charge in [0, 0.05) is 0 Å². The van der Waals surface area contributed by atoms with Crippen LogP contribution in [0.15, 0.2) is 84.9 Å². The molecule has 0 aliphatic carbocycles. The lowest BCUT2D eigenvalue weighted by Gasteiger charge is -2.13. The predicted molar refractivity (Wildman–Crippen MR) is 123 cm³/mol. The Kier molecular flexibility index (Phi) is 7.58. The fourth-order valence-corrected chi connectivity index (χ4v) is 3.47. The van der Waals surface area contributed by atoms with Gasteiger partial charge in [-0.25, -0.2) is 4.39 Å². The topological polar surface area (TPSA) is 0 Å². The van der Waals surface area contributed by atoms with Crippen molar-refractivity contribution in [3.05, 3.63) is 119 Å². The lowest BCUT2D eigenvalue weighted by Crippen LogP contribution is -2.00. The van der Waals surface area contributed by atoms with Crippen LogP contribution in [0, 0.1) is 5.82 Å². The van der Waals surface area contributed by atoms with Crippen LogP contribution >= 0.6 is 0 Å². The van der Waals surface area contributed by atoms with Gasteiger partial charge in [-0.1, -0.05) is 98.0 Å². The molecule has 0 bridgehead atoms. The predicted octanol–water partition coefficient (Wildman–Crippen LogP) is 7.85. The van der Waals surface area contributed by atoms with Crippen molar-refractivity contribution in [1.29, 1.82) is 0 Å². The summed E-state index contributed by atoms with van der Waals surface area (Å²) in [5.74, 6) is 0.160. The van der Waals surface area contributed by atoms with Crippen LogP contribution in [0.4, 0.5) is 4.39 Å². The molecule has 3 aromatic rings. The first-order valence-corrected chi connectivity index (χ1v) is 10.4. The molecule has 0 saturated carbocycles. The van der Waals surface area contributed by atoms with E-state index < -0.39 is 0 Å². The molecule has 0 aromatic heterocycles. The average molecular weight is 385 g/mol. The second-order valence-corrected chi connectivity index (χ2v) is 7.55. The van der Waals surface area contributed by atoms with Gasteiger partial charge in [0.15, 0.2) is 0 Å². The molecule has 148 valence electrons. The van der Waals surface area contributed by atoms with Crippen molar-refractivity contribution >= 4 is 12.2 Å². The van der Waals surface area contributed by atoms with Crippen LogP contribution in [0.3, 0.4) is 0 Å². The van der Waals surface area contributed by atoms with Crippen LogP contribution in [-0.4, -0.2) is 0 Å². The van der Waals surface area contributed by atoms with E-state index in [1.54, 1.807) is 6.07 Å². The van der Waals surface area contributed by atoms with Gasteiger partial charge in [-0.15, -0.1) is 0 Å². The number of hydrogen-bond donors (Lipinski definition) is 0. The van der Waals surface area contributed by atoms with E-state index in [9.17, 15) is 4.39 Å². The van der Waals surface area contributed by atoms with E-state index in [4.69, 9.17) is 0 Å². The normalized spacial score (nSPS) is 12.7. The summed E-state index contributed by atoms with van der Waals surface area (Å²) in [6, 6.07) is 24.4. The van der Waals surface area contributed by atoms with Gasteiger partial charge in [0.05, 0.1) is 0 Å². The van der Waals surface area contributed by atoms with E-state index >= 15 is 0 Å². The average Bonchev–Trinajstić information content (AvgIpc) is 2.75. The first kappa shape index (κ1) is 20.8. The molecule has 0 radical (unpaired) electrons. The fraction of sp³-hybridized carbons (Fsp3) is 0.214. The Morgan fingerprint density at radius 1 is 0.862 bits per heavy atom. The molecule has 0 nitrogen and oxygen atoms in total. The van der Waals surface area contributed by atoms with Crippen molar-refractivity contribution in [3.8, 4) is 0 Å². The fourth-order valence-electron chi connectivity index (χ4n) is 3.47. The van der Waals surface area contributed by atoms with Gasteiger partial charge < -0.3 is 0 Å². The van der Waals surface area contributed by atoms with Gasteiger partial charge in [-0.3, -0.25) is 0 Å². The minimum Gasteiger partial charge on any atom is -0.207 e. The maximum absolute atomic E-state index is 14.6. The zero-order chi connectivity index (χ0) is 20.5. The van der Waals surface area contributed by atoms with Gasteiger partial charge in [-0.2, -0.15) is 0 Å². The Morgan fingerprint density at radius 2 is 1.55 bits per heavy atom. The third-order valence-electron chi connectivity index (χ3n) is 5.26. The molecular formula is C28H29F. The molecule has 1 heteroatoms. The van der Waals surface area contributed by atoms with E-state index in [1.807, 2.05) is 49.4 Å². The minimum atomic E-state index is -0.130. The molecule has 3 rings (SSSR count). The highest BCUT2D eigenvalue weighted by Crippen LogP contribution is 2.23. The smallest absolute Gasteiger partial charge is 0.127 e. The van der Waals surface area contributed by atoms with Crippen molar-refractivity contribution in [2.75, 3.05) is 0 Å². The molecule has 0 saturated heterocycles. The Hall–Kier alpha value is -2.93. The molecule has 0 amide bonds. The standard InChI is InChI=1S/C28H29F/c1-3-4-6-9-23-12-14-24(15-13-23)16-17-25-18-19-27(28(29)21-25)20-22(2)26-10-7-5-8-11-26/h3-5,7-8,10-19,21-22H,6,9,20H2,1-2H3/t22-/m0/s1. The Bertz CT molecular complexity index is 949. The lowest BCUT2D eigenvalue weighted by molar-refractivity contribution is 0.597. The van der Waals surface area contributed by atoms with Crippen LogP contribution in [0.5, 0.6) is 0 Å². The Balaban J connectivity index is 1.62. The van der Waals surface area contributed by atoms with Gasteiger partial charge in [0.25, 0.3) is 0 Å². The lowest BCUT2D eigenvalue weighted by atomic mass is 9.93. The van der Waals surface area contributed by atoms with Crippen LogP contribution in [0.2, 0.25) is 0 Å². The molecule has 0 aliphatic heterocycles. The highest BCUT2D eigenvalue weighted by molar-refractivity contribution is 5.69. The maximum atomic E-state index is 14.6. The zero-order valence-corrected chi connectivity index (χ0v) is 17.3. The SMILES string of the molecule is CC=CCCc1ccc(C=Cc2ccc(C[C@H](C)c3ccccc3)c(F)c2)cc1. The largest absolute Gasteiger partial charge is 0.207 e. The van der Waals surface area contributed by atoms with Gasteiger partial charge in [-0.05, 0) is 66.0 Å². The van der Waals surface area contributed by atoms with E-state index in [0.29, 0.717) is 12.3 Å². The minimum absolute atomic E-state index is 0.130. The molecule has 3 aromatic carbocycles. The van der Waals surface area contributed by atoms with E-state index in [2.05, 4.69) is 55.5 Å². The van der Waals surface area contributed by atoms with Crippen molar-refractivity contribution in [3.63, 3.8) is 0 Å². The maximum Gasteiger partial charge on any atom is 0.127 e. The van der Waals surface area contributed by atoms with Gasteiger partial charge in [0.1, 0.15) is 5.82 Å². The van der Waals surface area contributed by atoms with Crippen LogP contribution in [0.25, 0.3) is 12.2 Å². The number of hydrogen-bond acceptors (Lipinski definition) is 0. The van der Waals surface area contributed by atoms with Crippen molar-refractivity contribution in [1.82, 2.24) is 0 Å². The third kappa shape index (κ3) is 6.29. The molecule has 0 heterocycles. The van der Waals surface area contributed by atoms with Gasteiger partial charge in [0.2, 0.25) is 0 Å². The second-order valence-electron chi connectivity index (χ2n) is 7.55. The summed E-state index contributed by atoms with van der Waals surface area (Å²) in [5, 5.41) is 0. The molecule has 0 N–H and O–H groups in total. The number of benzene rings is 3. The Morgan fingerprint density at radius 3 is 2.24 bits per heavy atom.